The molecule has 6 nitrogen and oxygen atoms in total. The number of benzene rings is 1. The Labute approximate surface area is 154 Å². The van der Waals surface area contributed by atoms with Gasteiger partial charge in [-0.1, -0.05) is 29.8 Å². The van der Waals surface area contributed by atoms with Gasteiger partial charge in [0.15, 0.2) is 0 Å². The second-order valence-corrected chi connectivity index (χ2v) is 6.46. The molecule has 138 valence electrons. The molecule has 1 aliphatic heterocycles. The number of carbonyl (C=O) groups is 2. The molecule has 26 heavy (non-hydrogen) atoms. The van der Waals surface area contributed by atoms with Crippen molar-refractivity contribution in [3.8, 4) is 6.07 Å². The number of rotatable bonds is 9. The highest BCUT2D eigenvalue weighted by Gasteiger charge is 2.19. The van der Waals surface area contributed by atoms with E-state index in [-0.39, 0.29) is 17.4 Å². The Bertz CT molecular complexity index is 706. The van der Waals surface area contributed by atoms with Crippen LogP contribution in [0.2, 0.25) is 0 Å². The van der Waals surface area contributed by atoms with Crippen molar-refractivity contribution < 1.29 is 9.59 Å². The number of nitrogens with one attached hydrogen (secondary N) is 2. The zero-order valence-corrected chi connectivity index (χ0v) is 15.3. The smallest absolute Gasteiger partial charge is 0.263 e. The van der Waals surface area contributed by atoms with Gasteiger partial charge in [-0.2, -0.15) is 5.26 Å². The Morgan fingerprint density at radius 3 is 2.92 bits per heavy atom. The quantitative estimate of drug-likeness (QED) is 0.401. The van der Waals surface area contributed by atoms with Gasteiger partial charge in [-0.25, -0.2) is 0 Å². The van der Waals surface area contributed by atoms with Crippen LogP contribution in [0.15, 0.2) is 36.0 Å². The number of likely N-dealkylation sites (tertiary alicyclic amines) is 1. The number of carbonyl (C=O) groups excluding carboxylic acids is 2. The Morgan fingerprint density at radius 2 is 2.23 bits per heavy atom. The van der Waals surface area contributed by atoms with Crippen LogP contribution in [0.5, 0.6) is 0 Å². The van der Waals surface area contributed by atoms with Crippen LogP contribution in [0.25, 0.3) is 0 Å². The minimum Gasteiger partial charge on any atom is -0.389 e. The van der Waals surface area contributed by atoms with Crippen LogP contribution >= 0.6 is 0 Å². The van der Waals surface area contributed by atoms with E-state index in [0.29, 0.717) is 32.5 Å². The van der Waals surface area contributed by atoms with Crippen molar-refractivity contribution in [2.24, 2.45) is 0 Å². The Hall–Kier alpha value is -2.81. The molecule has 1 aromatic carbocycles. The molecule has 6 heteroatoms. The SMILES string of the molecule is Cc1cccc(CCN/C=C(/C#N)C(=O)NCCCN2CCCC2=O)c1. The van der Waals surface area contributed by atoms with Gasteiger partial charge in [-0.15, -0.1) is 0 Å². The molecule has 0 aliphatic carbocycles. The fraction of sp³-hybridized carbons (Fsp3) is 0.450. The van der Waals surface area contributed by atoms with Crippen LogP contribution in [0, 0.1) is 18.3 Å². The van der Waals surface area contributed by atoms with Crippen LogP contribution in [0.4, 0.5) is 0 Å². The predicted octanol–water partition coefficient (Wildman–Crippen LogP) is 1.66. The first kappa shape index (κ1) is 19.5. The first-order valence-corrected chi connectivity index (χ1v) is 9.05. The highest BCUT2D eigenvalue weighted by Crippen LogP contribution is 2.09. The topological polar surface area (TPSA) is 85.2 Å². The molecule has 1 saturated heterocycles. The van der Waals surface area contributed by atoms with Crippen molar-refractivity contribution in [1.29, 1.82) is 5.26 Å². The van der Waals surface area contributed by atoms with Crippen LogP contribution < -0.4 is 10.6 Å². The van der Waals surface area contributed by atoms with Crippen molar-refractivity contribution in [2.75, 3.05) is 26.2 Å². The average molecular weight is 354 g/mol. The van der Waals surface area contributed by atoms with E-state index in [2.05, 4.69) is 35.8 Å². The molecule has 2 N–H and O–H groups in total. The van der Waals surface area contributed by atoms with E-state index in [4.69, 9.17) is 5.26 Å². The van der Waals surface area contributed by atoms with Crippen LogP contribution in [0.1, 0.15) is 30.4 Å². The van der Waals surface area contributed by atoms with Crippen LogP contribution in [-0.2, 0) is 16.0 Å². The lowest BCUT2D eigenvalue weighted by Crippen LogP contribution is -2.31. The summed E-state index contributed by atoms with van der Waals surface area (Å²) in [7, 11) is 0. The van der Waals surface area contributed by atoms with Gasteiger partial charge in [-0.3, -0.25) is 9.59 Å². The molecular weight excluding hydrogens is 328 g/mol. The van der Waals surface area contributed by atoms with E-state index < -0.39 is 0 Å². The molecule has 2 rings (SSSR count). The van der Waals surface area contributed by atoms with Crippen molar-refractivity contribution in [2.45, 2.75) is 32.6 Å². The second-order valence-electron chi connectivity index (χ2n) is 6.46. The highest BCUT2D eigenvalue weighted by molar-refractivity contribution is 5.97. The molecule has 0 atom stereocenters. The van der Waals surface area contributed by atoms with Gasteiger partial charge in [0.05, 0.1) is 0 Å². The molecule has 1 fully saturated rings. The summed E-state index contributed by atoms with van der Waals surface area (Å²) in [6, 6.07) is 10.2. The van der Waals surface area contributed by atoms with Gasteiger partial charge in [0.2, 0.25) is 5.91 Å². The van der Waals surface area contributed by atoms with Gasteiger partial charge in [-0.05, 0) is 31.7 Å². The van der Waals surface area contributed by atoms with E-state index in [9.17, 15) is 9.59 Å². The summed E-state index contributed by atoms with van der Waals surface area (Å²) >= 11 is 0. The molecule has 0 spiro atoms. The maximum Gasteiger partial charge on any atom is 0.263 e. The average Bonchev–Trinajstić information content (AvgIpc) is 3.03. The molecule has 0 radical (unpaired) electrons. The third-order valence-electron chi connectivity index (χ3n) is 4.31. The van der Waals surface area contributed by atoms with Crippen molar-refractivity contribution in [3.63, 3.8) is 0 Å². The lowest BCUT2D eigenvalue weighted by molar-refractivity contribution is -0.127. The number of aryl methyl sites for hydroxylation is 1. The molecule has 2 amide bonds. The Morgan fingerprint density at radius 1 is 1.38 bits per heavy atom. The number of nitrogens with zero attached hydrogens (tertiary/aromatic N) is 2. The lowest BCUT2D eigenvalue weighted by atomic mass is 10.1. The molecule has 1 aromatic rings. The summed E-state index contributed by atoms with van der Waals surface area (Å²) in [5, 5.41) is 14.9. The first-order valence-electron chi connectivity index (χ1n) is 9.05. The van der Waals surface area contributed by atoms with E-state index in [1.165, 1.54) is 17.3 Å². The summed E-state index contributed by atoms with van der Waals surface area (Å²) < 4.78 is 0. The zero-order valence-electron chi connectivity index (χ0n) is 15.3. The van der Waals surface area contributed by atoms with Gasteiger partial charge < -0.3 is 15.5 Å². The summed E-state index contributed by atoms with van der Waals surface area (Å²) in [4.78, 5) is 25.3. The Balaban J connectivity index is 1.67. The van der Waals surface area contributed by atoms with Gasteiger partial charge in [0, 0.05) is 38.8 Å². The Kier molecular flexibility index (Phi) is 7.69. The summed E-state index contributed by atoms with van der Waals surface area (Å²) in [5.74, 6) is -0.199. The van der Waals surface area contributed by atoms with Crippen molar-refractivity contribution >= 4 is 11.8 Å². The number of hydrogen-bond donors (Lipinski definition) is 2. The van der Waals surface area contributed by atoms with Crippen molar-refractivity contribution in [1.82, 2.24) is 15.5 Å². The molecule has 0 saturated carbocycles. The highest BCUT2D eigenvalue weighted by atomic mass is 16.2. The molecule has 0 aromatic heterocycles. The fourth-order valence-corrected chi connectivity index (χ4v) is 2.91. The molecule has 1 heterocycles. The zero-order chi connectivity index (χ0) is 18.8. The second kappa shape index (κ2) is 10.2. The molecule has 0 bridgehead atoms. The summed E-state index contributed by atoms with van der Waals surface area (Å²) in [6.07, 6.45) is 4.52. The van der Waals surface area contributed by atoms with Gasteiger partial charge >= 0.3 is 0 Å². The van der Waals surface area contributed by atoms with E-state index in [1.807, 2.05) is 17.0 Å². The maximum atomic E-state index is 12.0. The van der Waals surface area contributed by atoms with Crippen molar-refractivity contribution in [3.05, 3.63) is 47.2 Å². The summed E-state index contributed by atoms with van der Waals surface area (Å²) in [6.45, 7) is 4.61. The first-order chi connectivity index (χ1) is 12.6. The van der Waals surface area contributed by atoms with Crippen LogP contribution in [0.3, 0.4) is 0 Å². The minimum absolute atomic E-state index is 0.0616. The van der Waals surface area contributed by atoms with Gasteiger partial charge in [0.1, 0.15) is 11.6 Å². The van der Waals surface area contributed by atoms with E-state index in [1.54, 1.807) is 0 Å². The third kappa shape index (κ3) is 6.25. The largest absolute Gasteiger partial charge is 0.389 e. The molecule has 0 unspecified atom stereocenters. The normalized spacial score (nSPS) is 14.2. The standard InChI is InChI=1S/C20H26N4O2/c1-16-5-2-6-17(13-16)8-10-22-15-18(14-21)20(26)23-9-4-12-24-11-3-7-19(24)25/h2,5-6,13,15,22H,3-4,7-12H2,1H3,(H,23,26)/b18-15-. The molecular formula is C20H26N4O2. The maximum absolute atomic E-state index is 12.0. The predicted molar refractivity (Wildman–Crippen MR) is 100 cm³/mol. The lowest BCUT2D eigenvalue weighted by Gasteiger charge is -2.15. The molecule has 1 aliphatic rings. The fourth-order valence-electron chi connectivity index (χ4n) is 2.91. The van der Waals surface area contributed by atoms with Crippen LogP contribution in [-0.4, -0.2) is 42.9 Å². The summed E-state index contributed by atoms with van der Waals surface area (Å²) in [5.41, 5.74) is 2.49. The number of nitriles is 1. The minimum atomic E-state index is -0.386. The van der Waals surface area contributed by atoms with E-state index in [0.717, 1.165) is 19.4 Å². The number of hydrogen-bond acceptors (Lipinski definition) is 4. The van der Waals surface area contributed by atoms with Gasteiger partial charge in [0.25, 0.3) is 5.91 Å². The number of amides is 2. The monoisotopic (exact) mass is 354 g/mol. The van der Waals surface area contributed by atoms with E-state index >= 15 is 0 Å². The third-order valence-corrected chi connectivity index (χ3v) is 4.31.